The Morgan fingerprint density at radius 1 is 1.31 bits per heavy atom. The Morgan fingerprint density at radius 3 is 2.92 bits per heavy atom. The van der Waals surface area contributed by atoms with Gasteiger partial charge in [-0.15, -0.1) is 0 Å². The van der Waals surface area contributed by atoms with E-state index in [1.165, 1.54) is 0 Å². The van der Waals surface area contributed by atoms with Crippen LogP contribution in [0.1, 0.15) is 30.4 Å². The maximum Gasteiger partial charge on any atom is 0.230 e. The molecule has 4 rings (SSSR count). The molecule has 1 unspecified atom stereocenters. The third-order valence-electron chi connectivity index (χ3n) is 5.93. The lowest BCUT2D eigenvalue weighted by molar-refractivity contribution is -0.144. The molecule has 1 spiro atoms. The first-order valence-electron chi connectivity index (χ1n) is 9.09. The van der Waals surface area contributed by atoms with E-state index in [9.17, 15) is 9.59 Å². The summed E-state index contributed by atoms with van der Waals surface area (Å²) in [6, 6.07) is 3.76. The van der Waals surface area contributed by atoms with E-state index in [0.29, 0.717) is 18.1 Å². The Balaban J connectivity index is 1.51. The van der Waals surface area contributed by atoms with Crippen molar-refractivity contribution in [2.24, 2.45) is 5.41 Å². The van der Waals surface area contributed by atoms with Crippen LogP contribution >= 0.6 is 11.6 Å². The molecule has 138 valence electrons. The van der Waals surface area contributed by atoms with E-state index in [0.717, 1.165) is 47.9 Å². The molecule has 2 aliphatic rings. The molecule has 0 bridgehead atoms. The maximum absolute atomic E-state index is 12.8. The second kappa shape index (κ2) is 6.31. The lowest BCUT2D eigenvalue weighted by Crippen LogP contribution is -2.48. The summed E-state index contributed by atoms with van der Waals surface area (Å²) in [5.74, 6) is 0.234. The quantitative estimate of drug-likeness (QED) is 0.809. The molecule has 3 heterocycles. The number of piperidine rings is 1. The molecule has 0 N–H and O–H groups in total. The van der Waals surface area contributed by atoms with Gasteiger partial charge in [0.05, 0.1) is 18.1 Å². The largest absolute Gasteiger partial charge is 0.464 e. The number of carbonyl (C=O) groups is 2. The zero-order chi connectivity index (χ0) is 18.5. The van der Waals surface area contributed by atoms with Gasteiger partial charge in [-0.1, -0.05) is 11.6 Å². The first-order chi connectivity index (χ1) is 12.4. The third kappa shape index (κ3) is 2.78. The SMILES string of the molecule is Cc1cc2occ(CC(=O)N3CCC4(CCCN(C)C4=O)C3)c2cc1Cl. The topological polar surface area (TPSA) is 53.8 Å². The van der Waals surface area contributed by atoms with E-state index < -0.39 is 0 Å². The van der Waals surface area contributed by atoms with E-state index in [-0.39, 0.29) is 23.7 Å². The van der Waals surface area contributed by atoms with Gasteiger partial charge < -0.3 is 14.2 Å². The number of halogens is 1. The number of rotatable bonds is 2. The number of benzene rings is 1. The summed E-state index contributed by atoms with van der Waals surface area (Å²) < 4.78 is 5.60. The highest BCUT2D eigenvalue weighted by Gasteiger charge is 2.48. The highest BCUT2D eigenvalue weighted by molar-refractivity contribution is 6.32. The van der Waals surface area contributed by atoms with Crippen molar-refractivity contribution >= 4 is 34.4 Å². The van der Waals surface area contributed by atoms with Crippen molar-refractivity contribution in [2.45, 2.75) is 32.6 Å². The van der Waals surface area contributed by atoms with E-state index in [2.05, 4.69) is 0 Å². The zero-order valence-corrected chi connectivity index (χ0v) is 15.9. The van der Waals surface area contributed by atoms with Gasteiger partial charge in [0.25, 0.3) is 0 Å². The Morgan fingerprint density at radius 2 is 2.12 bits per heavy atom. The van der Waals surface area contributed by atoms with Crippen molar-refractivity contribution in [1.29, 1.82) is 0 Å². The van der Waals surface area contributed by atoms with Crippen LogP contribution in [0.5, 0.6) is 0 Å². The van der Waals surface area contributed by atoms with Gasteiger partial charge in [-0.05, 0) is 43.9 Å². The fraction of sp³-hybridized carbons (Fsp3) is 0.500. The third-order valence-corrected chi connectivity index (χ3v) is 6.34. The Labute approximate surface area is 157 Å². The van der Waals surface area contributed by atoms with Crippen LogP contribution in [-0.2, 0) is 16.0 Å². The zero-order valence-electron chi connectivity index (χ0n) is 15.2. The molecule has 0 radical (unpaired) electrons. The van der Waals surface area contributed by atoms with Crippen molar-refractivity contribution in [2.75, 3.05) is 26.7 Å². The normalized spacial score (nSPS) is 23.4. The van der Waals surface area contributed by atoms with Gasteiger partial charge in [-0.2, -0.15) is 0 Å². The van der Waals surface area contributed by atoms with Crippen LogP contribution in [0, 0.1) is 12.3 Å². The van der Waals surface area contributed by atoms with Crippen LogP contribution in [0.4, 0.5) is 0 Å². The van der Waals surface area contributed by atoms with Gasteiger partial charge >= 0.3 is 0 Å². The monoisotopic (exact) mass is 374 g/mol. The number of carbonyl (C=O) groups excluding carboxylic acids is 2. The van der Waals surface area contributed by atoms with Gasteiger partial charge in [0.1, 0.15) is 5.58 Å². The molecular formula is C20H23ClN2O3. The molecule has 2 fully saturated rings. The van der Waals surface area contributed by atoms with E-state index in [1.807, 2.05) is 35.9 Å². The summed E-state index contributed by atoms with van der Waals surface area (Å²) in [4.78, 5) is 29.1. The summed E-state index contributed by atoms with van der Waals surface area (Å²) in [7, 11) is 1.86. The predicted molar refractivity (Wildman–Crippen MR) is 100 cm³/mol. The molecule has 5 nitrogen and oxygen atoms in total. The number of fused-ring (bicyclic) bond motifs is 1. The molecule has 2 amide bonds. The number of hydrogen-bond acceptors (Lipinski definition) is 3. The van der Waals surface area contributed by atoms with Crippen molar-refractivity contribution in [3.05, 3.63) is 34.5 Å². The predicted octanol–water partition coefficient (Wildman–Crippen LogP) is 3.41. The number of nitrogens with zero attached hydrogens (tertiary/aromatic N) is 2. The average Bonchev–Trinajstić information content (AvgIpc) is 3.19. The van der Waals surface area contributed by atoms with Gasteiger partial charge in [0.15, 0.2) is 0 Å². The van der Waals surface area contributed by atoms with Crippen LogP contribution in [0.15, 0.2) is 22.8 Å². The van der Waals surface area contributed by atoms with Crippen molar-refractivity contribution in [3.63, 3.8) is 0 Å². The number of likely N-dealkylation sites (tertiary alicyclic amines) is 2. The minimum atomic E-state index is -0.373. The van der Waals surface area contributed by atoms with Crippen LogP contribution in [0.2, 0.25) is 5.02 Å². The molecule has 0 aliphatic carbocycles. The average molecular weight is 375 g/mol. The Hall–Kier alpha value is -2.01. The Bertz CT molecular complexity index is 891. The summed E-state index contributed by atoms with van der Waals surface area (Å²) in [6.45, 7) is 3.92. The second-order valence-corrected chi connectivity index (χ2v) is 8.12. The van der Waals surface area contributed by atoms with Crippen molar-refractivity contribution in [1.82, 2.24) is 9.80 Å². The highest BCUT2D eigenvalue weighted by Crippen LogP contribution is 2.40. The second-order valence-electron chi connectivity index (χ2n) is 7.71. The molecular weight excluding hydrogens is 352 g/mol. The highest BCUT2D eigenvalue weighted by atomic mass is 35.5. The molecule has 0 saturated carbocycles. The van der Waals surface area contributed by atoms with E-state index >= 15 is 0 Å². The summed E-state index contributed by atoms with van der Waals surface area (Å²) in [6.07, 6.45) is 4.56. The Kier molecular flexibility index (Phi) is 4.22. The molecule has 26 heavy (non-hydrogen) atoms. The van der Waals surface area contributed by atoms with E-state index in [4.69, 9.17) is 16.0 Å². The first kappa shape index (κ1) is 17.4. The fourth-order valence-corrected chi connectivity index (χ4v) is 4.51. The van der Waals surface area contributed by atoms with Crippen LogP contribution < -0.4 is 0 Å². The number of aryl methyl sites for hydroxylation is 1. The van der Waals surface area contributed by atoms with E-state index in [1.54, 1.807) is 6.26 Å². The molecule has 1 atom stereocenters. The smallest absolute Gasteiger partial charge is 0.230 e. The van der Waals surface area contributed by atoms with Gasteiger partial charge in [-0.3, -0.25) is 9.59 Å². The van der Waals surface area contributed by atoms with Crippen LogP contribution in [0.25, 0.3) is 11.0 Å². The molecule has 2 aliphatic heterocycles. The summed E-state index contributed by atoms with van der Waals surface area (Å²) in [5, 5.41) is 1.56. The molecule has 2 aromatic rings. The molecule has 1 aromatic carbocycles. The molecule has 1 aromatic heterocycles. The van der Waals surface area contributed by atoms with Gasteiger partial charge in [0, 0.05) is 42.7 Å². The maximum atomic E-state index is 12.8. The van der Waals surface area contributed by atoms with Crippen LogP contribution in [-0.4, -0.2) is 48.3 Å². The molecule has 2 saturated heterocycles. The lowest BCUT2D eigenvalue weighted by atomic mass is 9.78. The van der Waals surface area contributed by atoms with Gasteiger partial charge in [0.2, 0.25) is 11.8 Å². The lowest BCUT2D eigenvalue weighted by Gasteiger charge is -2.37. The van der Waals surface area contributed by atoms with Crippen molar-refractivity contribution in [3.8, 4) is 0 Å². The van der Waals surface area contributed by atoms with Crippen molar-refractivity contribution < 1.29 is 14.0 Å². The van der Waals surface area contributed by atoms with Gasteiger partial charge in [-0.25, -0.2) is 0 Å². The standard InChI is InChI=1S/C20H23ClN2O3/c1-13-8-17-15(10-16(13)21)14(11-26-17)9-18(24)23-7-5-20(12-23)4-3-6-22(2)19(20)25/h8,10-11H,3-7,9,12H2,1-2H3. The molecule has 6 heteroatoms. The number of hydrogen-bond donors (Lipinski definition) is 0. The van der Waals surface area contributed by atoms with Crippen LogP contribution in [0.3, 0.4) is 0 Å². The summed E-state index contributed by atoms with van der Waals surface area (Å²) >= 11 is 6.23. The minimum absolute atomic E-state index is 0.0438. The minimum Gasteiger partial charge on any atom is -0.464 e. The number of amides is 2. The summed E-state index contributed by atoms with van der Waals surface area (Å²) in [5.41, 5.74) is 2.17. The number of furan rings is 1. The first-order valence-corrected chi connectivity index (χ1v) is 9.47. The fourth-order valence-electron chi connectivity index (χ4n) is 4.35.